The van der Waals surface area contributed by atoms with Crippen LogP contribution in [0, 0.1) is 10.1 Å². The molecule has 0 bridgehead atoms. The number of carbonyl (C=O) groups is 2. The van der Waals surface area contributed by atoms with Crippen LogP contribution in [0.4, 0.5) is 5.69 Å². The predicted molar refractivity (Wildman–Crippen MR) is 110 cm³/mol. The van der Waals surface area contributed by atoms with Crippen LogP contribution in [0.3, 0.4) is 0 Å². The molecule has 0 aliphatic carbocycles. The van der Waals surface area contributed by atoms with Gasteiger partial charge in [-0.05, 0) is 56.2 Å². The van der Waals surface area contributed by atoms with Gasteiger partial charge in [-0.25, -0.2) is 9.59 Å². The molecular weight excluding hydrogens is 390 g/mol. The van der Waals surface area contributed by atoms with Crippen LogP contribution < -0.4 is 9.47 Å². The molecule has 2 aromatic rings. The quantitative estimate of drug-likeness (QED) is 0.175. The zero-order valence-corrected chi connectivity index (χ0v) is 17.0. The van der Waals surface area contributed by atoms with Crippen molar-refractivity contribution < 1.29 is 29.1 Å². The van der Waals surface area contributed by atoms with Gasteiger partial charge in [0.1, 0.15) is 5.75 Å². The first-order valence-corrected chi connectivity index (χ1v) is 9.82. The number of unbranched alkanes of at least 4 members (excludes halogenated alkanes) is 3. The average molecular weight is 415 g/mol. The number of benzene rings is 2. The van der Waals surface area contributed by atoms with E-state index in [9.17, 15) is 19.7 Å². The highest BCUT2D eigenvalue weighted by Gasteiger charge is 2.21. The number of esters is 1. The van der Waals surface area contributed by atoms with E-state index in [4.69, 9.17) is 14.6 Å². The Balaban J connectivity index is 2.08. The molecule has 0 amide bonds. The molecule has 0 aromatic heterocycles. The van der Waals surface area contributed by atoms with Crippen molar-refractivity contribution in [2.24, 2.45) is 0 Å². The maximum atomic E-state index is 12.3. The fourth-order valence-corrected chi connectivity index (χ4v) is 2.85. The Hall–Kier alpha value is -3.42. The van der Waals surface area contributed by atoms with Crippen molar-refractivity contribution in [3.05, 3.63) is 63.7 Å². The van der Waals surface area contributed by atoms with Crippen LogP contribution in [0.5, 0.6) is 11.5 Å². The lowest BCUT2D eigenvalue weighted by Crippen LogP contribution is -2.14. The van der Waals surface area contributed by atoms with Gasteiger partial charge in [0.2, 0.25) is 0 Å². The van der Waals surface area contributed by atoms with Crippen LogP contribution >= 0.6 is 0 Å². The Labute approximate surface area is 174 Å². The van der Waals surface area contributed by atoms with E-state index in [1.54, 1.807) is 0 Å². The minimum Gasteiger partial charge on any atom is -0.484 e. The van der Waals surface area contributed by atoms with Crippen molar-refractivity contribution in [1.29, 1.82) is 0 Å². The number of hydrogen-bond acceptors (Lipinski definition) is 6. The molecule has 0 spiro atoms. The lowest BCUT2D eigenvalue weighted by Gasteiger charge is -2.15. The molecule has 0 saturated carbocycles. The summed E-state index contributed by atoms with van der Waals surface area (Å²) in [5.74, 6) is -1.65. The molecule has 8 nitrogen and oxygen atoms in total. The molecule has 0 saturated heterocycles. The van der Waals surface area contributed by atoms with Gasteiger partial charge in [-0.15, -0.1) is 0 Å². The van der Waals surface area contributed by atoms with Crippen LogP contribution in [0.25, 0.3) is 0 Å². The second kappa shape index (κ2) is 10.9. The van der Waals surface area contributed by atoms with E-state index >= 15 is 0 Å². The van der Waals surface area contributed by atoms with E-state index < -0.39 is 16.9 Å². The normalized spacial score (nSPS) is 11.5. The third-order valence-electron chi connectivity index (χ3n) is 4.50. The summed E-state index contributed by atoms with van der Waals surface area (Å²) in [6.07, 6.45) is 4.93. The third kappa shape index (κ3) is 6.58. The minimum atomic E-state index is -1.10. The van der Waals surface area contributed by atoms with E-state index in [0.29, 0.717) is 0 Å². The molecule has 1 N–H and O–H groups in total. The molecule has 0 fully saturated rings. The van der Waals surface area contributed by atoms with Crippen molar-refractivity contribution in [3.8, 4) is 11.5 Å². The van der Waals surface area contributed by atoms with Crippen molar-refractivity contribution in [2.75, 3.05) is 0 Å². The fourth-order valence-electron chi connectivity index (χ4n) is 2.85. The second-order valence-electron chi connectivity index (χ2n) is 6.94. The molecule has 1 unspecified atom stereocenters. The zero-order chi connectivity index (χ0) is 22.1. The SMILES string of the molecule is CCCCCCC(C)Oc1ccc(C(=O)Oc2ccc(C(=O)O)cc2)cc1[N+](=O)[O-]. The summed E-state index contributed by atoms with van der Waals surface area (Å²) in [6.45, 7) is 3.99. The first-order valence-electron chi connectivity index (χ1n) is 9.82. The minimum absolute atomic E-state index is 0.00744. The fraction of sp³-hybridized carbons (Fsp3) is 0.364. The van der Waals surface area contributed by atoms with Gasteiger partial charge in [-0.3, -0.25) is 10.1 Å². The molecule has 0 heterocycles. The number of nitro benzene ring substituents is 1. The standard InChI is InChI=1S/C22H25NO7/c1-3-4-5-6-7-15(2)29-20-13-10-17(14-19(20)23(27)28)22(26)30-18-11-8-16(9-12-18)21(24)25/h8-15H,3-7H2,1-2H3,(H,24,25). The monoisotopic (exact) mass is 415 g/mol. The highest BCUT2D eigenvalue weighted by atomic mass is 16.6. The molecule has 2 aromatic carbocycles. The molecule has 2 rings (SSSR count). The van der Waals surface area contributed by atoms with Crippen LogP contribution in [-0.2, 0) is 0 Å². The van der Waals surface area contributed by atoms with Gasteiger partial charge in [0.15, 0.2) is 5.75 Å². The van der Waals surface area contributed by atoms with Crippen molar-refractivity contribution in [3.63, 3.8) is 0 Å². The Morgan fingerprint density at radius 3 is 2.33 bits per heavy atom. The smallest absolute Gasteiger partial charge is 0.343 e. The lowest BCUT2D eigenvalue weighted by atomic mass is 10.1. The van der Waals surface area contributed by atoms with E-state index in [0.717, 1.165) is 38.2 Å². The Bertz CT molecular complexity index is 893. The molecule has 1 atom stereocenters. The van der Waals surface area contributed by atoms with Gasteiger partial charge in [0, 0.05) is 6.07 Å². The van der Waals surface area contributed by atoms with Crippen LogP contribution in [0.2, 0.25) is 0 Å². The number of nitrogens with zero attached hydrogens (tertiary/aromatic N) is 1. The highest BCUT2D eigenvalue weighted by Crippen LogP contribution is 2.30. The topological polar surface area (TPSA) is 116 Å². The first kappa shape index (κ1) is 22.9. The molecule has 0 radical (unpaired) electrons. The summed E-state index contributed by atoms with van der Waals surface area (Å²) in [4.78, 5) is 34.1. The molecule has 30 heavy (non-hydrogen) atoms. The van der Waals surface area contributed by atoms with E-state index in [1.807, 2.05) is 6.92 Å². The summed E-state index contributed by atoms with van der Waals surface area (Å²) in [5.41, 5.74) is -0.270. The predicted octanol–water partition coefficient (Wildman–Crippen LogP) is 5.25. The van der Waals surface area contributed by atoms with Gasteiger partial charge in [0.05, 0.1) is 22.2 Å². The third-order valence-corrected chi connectivity index (χ3v) is 4.50. The summed E-state index contributed by atoms with van der Waals surface area (Å²) < 4.78 is 10.9. The van der Waals surface area contributed by atoms with Crippen molar-refractivity contribution in [1.82, 2.24) is 0 Å². The van der Waals surface area contributed by atoms with Crippen LogP contribution in [-0.4, -0.2) is 28.1 Å². The number of rotatable bonds is 11. The molecule has 160 valence electrons. The molecular formula is C22H25NO7. The highest BCUT2D eigenvalue weighted by molar-refractivity contribution is 5.92. The van der Waals surface area contributed by atoms with Crippen molar-refractivity contribution in [2.45, 2.75) is 52.1 Å². The largest absolute Gasteiger partial charge is 0.484 e. The Morgan fingerprint density at radius 2 is 1.73 bits per heavy atom. The number of carboxylic acids is 1. The maximum absolute atomic E-state index is 12.3. The first-order chi connectivity index (χ1) is 14.3. The van der Waals surface area contributed by atoms with E-state index in [2.05, 4.69) is 6.92 Å². The molecule has 0 aliphatic heterocycles. The average Bonchev–Trinajstić information content (AvgIpc) is 2.71. The van der Waals surface area contributed by atoms with Crippen LogP contribution in [0.15, 0.2) is 42.5 Å². The summed E-state index contributed by atoms with van der Waals surface area (Å²) in [6, 6.07) is 9.19. The molecule has 8 heteroatoms. The van der Waals surface area contributed by atoms with Gasteiger partial charge in [-0.1, -0.05) is 26.2 Å². The lowest BCUT2D eigenvalue weighted by molar-refractivity contribution is -0.386. The number of hydrogen-bond donors (Lipinski definition) is 1. The van der Waals surface area contributed by atoms with Gasteiger partial charge < -0.3 is 14.6 Å². The molecule has 0 aliphatic rings. The number of carbonyl (C=O) groups excluding carboxylic acids is 1. The van der Waals surface area contributed by atoms with Crippen molar-refractivity contribution >= 4 is 17.6 Å². The van der Waals surface area contributed by atoms with E-state index in [1.165, 1.54) is 36.4 Å². The zero-order valence-electron chi connectivity index (χ0n) is 17.0. The summed E-state index contributed by atoms with van der Waals surface area (Å²) in [7, 11) is 0. The number of ether oxygens (including phenoxy) is 2. The number of aromatic carboxylic acids is 1. The van der Waals surface area contributed by atoms with Gasteiger partial charge in [0.25, 0.3) is 0 Å². The summed E-state index contributed by atoms with van der Waals surface area (Å²) >= 11 is 0. The Morgan fingerprint density at radius 1 is 1.07 bits per heavy atom. The maximum Gasteiger partial charge on any atom is 0.343 e. The summed E-state index contributed by atoms with van der Waals surface area (Å²) in [5, 5.41) is 20.3. The van der Waals surface area contributed by atoms with Gasteiger partial charge >= 0.3 is 17.6 Å². The second-order valence-corrected chi connectivity index (χ2v) is 6.94. The Kier molecular flexibility index (Phi) is 8.34. The number of nitro groups is 1. The number of carboxylic acid groups (broad SMARTS) is 1. The van der Waals surface area contributed by atoms with Crippen LogP contribution in [0.1, 0.15) is 66.7 Å². The van der Waals surface area contributed by atoms with Gasteiger partial charge in [-0.2, -0.15) is 0 Å². The van der Waals surface area contributed by atoms with E-state index in [-0.39, 0.29) is 34.4 Å².